The van der Waals surface area contributed by atoms with E-state index in [2.05, 4.69) is 15.9 Å². The van der Waals surface area contributed by atoms with E-state index in [1.807, 2.05) is 6.07 Å². The zero-order valence-corrected chi connectivity index (χ0v) is 8.33. The Kier molecular flexibility index (Phi) is 2.78. The van der Waals surface area contributed by atoms with Crippen molar-refractivity contribution in [1.82, 2.24) is 0 Å². The molecule has 1 aromatic carbocycles. The smallest absolute Gasteiger partial charge is 0.101 e. The lowest BCUT2D eigenvalue weighted by molar-refractivity contribution is 1.47. The molecule has 1 rings (SSSR count). The number of rotatable bonds is 0. The van der Waals surface area contributed by atoms with E-state index in [0.717, 1.165) is 0 Å². The van der Waals surface area contributed by atoms with Gasteiger partial charge in [-0.25, -0.2) is 0 Å². The summed E-state index contributed by atoms with van der Waals surface area (Å²) in [6.07, 6.45) is 0. The molecule has 0 N–H and O–H groups in total. The maximum Gasteiger partial charge on any atom is 0.101 e. The first-order valence-corrected chi connectivity index (χ1v) is 4.25. The molecule has 0 radical (unpaired) electrons. The minimum Gasteiger partial charge on any atom is -0.192 e. The molecular weight excluding hydrogens is 249 g/mol. The average Bonchev–Trinajstić information content (AvgIpc) is 2.01. The number of nitrogens with zero attached hydrogens (tertiary/aromatic N) is 1. The summed E-state index contributed by atoms with van der Waals surface area (Å²) in [7, 11) is 0. The van der Waals surface area contributed by atoms with Crippen molar-refractivity contribution in [2.75, 3.05) is 0 Å². The van der Waals surface area contributed by atoms with E-state index >= 15 is 0 Å². The highest BCUT2D eigenvalue weighted by Gasteiger charge is 2.06. The first-order chi connectivity index (χ1) is 5.16. The fourth-order valence-electron chi connectivity index (χ4n) is 0.612. The molecule has 4 heteroatoms. The topological polar surface area (TPSA) is 23.8 Å². The number of hydrogen-bond donors (Lipinski definition) is 0. The molecule has 0 amide bonds. The van der Waals surface area contributed by atoms with Crippen molar-refractivity contribution in [3.8, 4) is 6.07 Å². The third-order valence-electron chi connectivity index (χ3n) is 1.16. The van der Waals surface area contributed by atoms with E-state index in [9.17, 15) is 0 Å². The largest absolute Gasteiger partial charge is 0.192 e. The molecule has 0 fully saturated rings. The lowest BCUT2D eigenvalue weighted by Crippen LogP contribution is -1.78. The molecule has 0 aromatic heterocycles. The molecule has 0 unspecified atom stereocenters. The Hall–Kier alpha value is -0.230. The van der Waals surface area contributed by atoms with E-state index in [0.29, 0.717) is 20.1 Å². The monoisotopic (exact) mass is 249 g/mol. The summed E-state index contributed by atoms with van der Waals surface area (Å²) in [4.78, 5) is 0. The van der Waals surface area contributed by atoms with Crippen LogP contribution in [0.25, 0.3) is 0 Å². The van der Waals surface area contributed by atoms with Gasteiger partial charge in [-0.2, -0.15) is 5.26 Å². The van der Waals surface area contributed by atoms with Crippen LogP contribution in [0.4, 0.5) is 0 Å². The summed E-state index contributed by atoms with van der Waals surface area (Å²) >= 11 is 14.6. The van der Waals surface area contributed by atoms with Crippen molar-refractivity contribution < 1.29 is 0 Å². The molecule has 0 spiro atoms. The van der Waals surface area contributed by atoms with Crippen LogP contribution in [-0.4, -0.2) is 0 Å². The molecule has 0 aliphatic heterocycles. The minimum atomic E-state index is 0.361. The van der Waals surface area contributed by atoms with Crippen molar-refractivity contribution in [3.05, 3.63) is 32.2 Å². The maximum atomic E-state index is 8.54. The SMILES string of the molecule is N#Cc1ccc(Cl)c(Br)c1Cl. The second kappa shape index (κ2) is 3.44. The second-order valence-corrected chi connectivity index (χ2v) is 3.41. The Morgan fingerprint density at radius 3 is 2.55 bits per heavy atom. The zero-order valence-electron chi connectivity index (χ0n) is 5.24. The summed E-state index contributed by atoms with van der Waals surface area (Å²) in [6.45, 7) is 0. The Labute approximate surface area is 82.7 Å². The molecule has 0 aliphatic rings. The van der Waals surface area contributed by atoms with Gasteiger partial charge in [0.25, 0.3) is 0 Å². The lowest BCUT2D eigenvalue weighted by atomic mass is 10.2. The molecule has 56 valence electrons. The molecule has 0 aliphatic carbocycles. The summed E-state index contributed by atoms with van der Waals surface area (Å²) < 4.78 is 0.569. The van der Waals surface area contributed by atoms with E-state index in [4.69, 9.17) is 28.5 Å². The standard InChI is InChI=1S/C7H2BrCl2N/c8-6-5(9)2-1-4(3-11)7(6)10/h1-2H. The number of halogens is 3. The molecule has 0 heterocycles. The van der Waals surface area contributed by atoms with E-state index in [1.165, 1.54) is 0 Å². The van der Waals surface area contributed by atoms with Crippen molar-refractivity contribution >= 4 is 39.1 Å². The molecule has 0 saturated heterocycles. The summed E-state index contributed by atoms with van der Waals surface area (Å²) in [5, 5.41) is 9.40. The zero-order chi connectivity index (χ0) is 8.43. The molecule has 0 saturated carbocycles. The second-order valence-electron chi connectivity index (χ2n) is 1.83. The fraction of sp³-hybridized carbons (Fsp3) is 0. The van der Waals surface area contributed by atoms with Crippen molar-refractivity contribution in [1.29, 1.82) is 5.26 Å². The van der Waals surface area contributed by atoms with E-state index < -0.39 is 0 Å². The van der Waals surface area contributed by atoms with Crippen LogP contribution in [0.1, 0.15) is 5.56 Å². The van der Waals surface area contributed by atoms with Gasteiger partial charge in [0.2, 0.25) is 0 Å². The summed E-state index contributed by atoms with van der Waals surface area (Å²) in [5.41, 5.74) is 0.419. The number of nitriles is 1. The van der Waals surface area contributed by atoms with Crippen LogP contribution in [0, 0.1) is 11.3 Å². The van der Waals surface area contributed by atoms with Gasteiger partial charge in [0, 0.05) is 0 Å². The molecular formula is C7H2BrCl2N. The Balaban J connectivity index is 3.40. The van der Waals surface area contributed by atoms with Gasteiger partial charge in [-0.3, -0.25) is 0 Å². The van der Waals surface area contributed by atoms with Crippen LogP contribution in [0.2, 0.25) is 10.0 Å². The summed E-state index contributed by atoms with van der Waals surface area (Å²) in [5.74, 6) is 0. The van der Waals surface area contributed by atoms with Crippen LogP contribution in [0.15, 0.2) is 16.6 Å². The van der Waals surface area contributed by atoms with Gasteiger partial charge in [0.1, 0.15) is 6.07 Å². The first kappa shape index (κ1) is 8.86. The Morgan fingerprint density at radius 2 is 2.00 bits per heavy atom. The highest BCUT2D eigenvalue weighted by molar-refractivity contribution is 9.10. The van der Waals surface area contributed by atoms with Crippen LogP contribution in [-0.2, 0) is 0 Å². The van der Waals surface area contributed by atoms with Gasteiger partial charge < -0.3 is 0 Å². The molecule has 0 atom stereocenters. The van der Waals surface area contributed by atoms with Gasteiger partial charge >= 0.3 is 0 Å². The van der Waals surface area contributed by atoms with E-state index in [1.54, 1.807) is 12.1 Å². The van der Waals surface area contributed by atoms with Gasteiger partial charge in [-0.05, 0) is 28.1 Å². The average molecular weight is 251 g/mol. The normalized spacial score (nSPS) is 9.27. The lowest BCUT2D eigenvalue weighted by Gasteiger charge is -1.98. The summed E-state index contributed by atoms with van der Waals surface area (Å²) in [6, 6.07) is 5.14. The maximum absolute atomic E-state index is 8.54. The van der Waals surface area contributed by atoms with Gasteiger partial charge in [-0.1, -0.05) is 23.2 Å². The molecule has 0 bridgehead atoms. The van der Waals surface area contributed by atoms with Crippen LogP contribution >= 0.6 is 39.1 Å². The first-order valence-electron chi connectivity index (χ1n) is 2.70. The predicted molar refractivity (Wildman–Crippen MR) is 48.9 cm³/mol. The van der Waals surface area contributed by atoms with Crippen molar-refractivity contribution in [2.45, 2.75) is 0 Å². The highest BCUT2D eigenvalue weighted by Crippen LogP contribution is 2.32. The number of hydrogen-bond acceptors (Lipinski definition) is 1. The van der Waals surface area contributed by atoms with Gasteiger partial charge in [0.05, 0.1) is 20.1 Å². The van der Waals surface area contributed by atoms with Crippen molar-refractivity contribution in [2.24, 2.45) is 0 Å². The predicted octanol–water partition coefficient (Wildman–Crippen LogP) is 3.63. The molecule has 11 heavy (non-hydrogen) atoms. The van der Waals surface area contributed by atoms with Gasteiger partial charge in [0.15, 0.2) is 0 Å². The number of benzene rings is 1. The third kappa shape index (κ3) is 1.67. The van der Waals surface area contributed by atoms with E-state index in [-0.39, 0.29) is 0 Å². The Bertz CT molecular complexity index is 330. The van der Waals surface area contributed by atoms with Crippen LogP contribution in [0.3, 0.4) is 0 Å². The van der Waals surface area contributed by atoms with Crippen LogP contribution in [0.5, 0.6) is 0 Å². The Morgan fingerprint density at radius 1 is 1.36 bits per heavy atom. The quantitative estimate of drug-likeness (QED) is 0.646. The minimum absolute atomic E-state index is 0.361. The highest BCUT2D eigenvalue weighted by atomic mass is 79.9. The van der Waals surface area contributed by atoms with Crippen LogP contribution < -0.4 is 0 Å². The fourth-order valence-corrected chi connectivity index (χ4v) is 1.37. The molecule has 1 nitrogen and oxygen atoms in total. The van der Waals surface area contributed by atoms with Crippen molar-refractivity contribution in [3.63, 3.8) is 0 Å². The van der Waals surface area contributed by atoms with Gasteiger partial charge in [-0.15, -0.1) is 0 Å². The third-order valence-corrected chi connectivity index (χ3v) is 3.14. The molecule has 1 aromatic rings.